The summed E-state index contributed by atoms with van der Waals surface area (Å²) in [5.41, 5.74) is -0.695. The largest absolute Gasteiger partial charge is 0.395 e. The Morgan fingerprint density at radius 2 is 1.06 bits per heavy atom. The zero-order valence-corrected chi connectivity index (χ0v) is 21.8. The molecule has 0 aromatic carbocycles. The van der Waals surface area contributed by atoms with Gasteiger partial charge in [0.1, 0.15) is 5.60 Å². The van der Waals surface area contributed by atoms with E-state index in [0.717, 1.165) is 25.7 Å². The molecule has 5 nitrogen and oxygen atoms in total. The minimum Gasteiger partial charge on any atom is -0.395 e. The first kappa shape index (κ1) is 30.4. The van der Waals surface area contributed by atoms with E-state index in [1.807, 2.05) is 0 Å². The molecule has 2 N–H and O–H groups in total. The van der Waals surface area contributed by atoms with Crippen LogP contribution in [0.4, 0.5) is 0 Å². The Morgan fingerprint density at radius 1 is 0.697 bits per heavy atom. The van der Waals surface area contributed by atoms with E-state index in [2.05, 4.69) is 6.92 Å². The minimum atomic E-state index is -0.695. The van der Waals surface area contributed by atoms with E-state index in [1.165, 1.54) is 103 Å². The van der Waals surface area contributed by atoms with Crippen molar-refractivity contribution in [2.24, 2.45) is 0 Å². The molecule has 1 heterocycles. The van der Waals surface area contributed by atoms with E-state index < -0.39 is 5.60 Å². The maximum absolute atomic E-state index is 12.8. The summed E-state index contributed by atoms with van der Waals surface area (Å²) in [6, 6.07) is 0. The summed E-state index contributed by atoms with van der Waals surface area (Å²) in [7, 11) is 0. The quantitative estimate of drug-likeness (QED) is 0.161. The molecule has 33 heavy (non-hydrogen) atoms. The van der Waals surface area contributed by atoms with Gasteiger partial charge in [0.15, 0.2) is 0 Å². The summed E-state index contributed by atoms with van der Waals surface area (Å²) in [4.78, 5) is 14.4. The first-order chi connectivity index (χ1) is 16.2. The van der Waals surface area contributed by atoms with Gasteiger partial charge in [-0.2, -0.15) is 0 Å². The van der Waals surface area contributed by atoms with E-state index in [4.69, 9.17) is 4.74 Å². The van der Waals surface area contributed by atoms with Crippen LogP contribution in [0, 0.1) is 0 Å². The van der Waals surface area contributed by atoms with Gasteiger partial charge in [-0.25, -0.2) is 0 Å². The lowest BCUT2D eigenvalue weighted by atomic mass is 9.86. The second-order valence-corrected chi connectivity index (χ2v) is 10.1. The molecule has 1 aliphatic heterocycles. The summed E-state index contributed by atoms with van der Waals surface area (Å²) in [6.45, 7) is 3.29. The Hall–Kier alpha value is -0.650. The molecule has 0 spiro atoms. The number of hydrogen-bond donors (Lipinski definition) is 2. The van der Waals surface area contributed by atoms with E-state index in [-0.39, 0.29) is 32.2 Å². The lowest BCUT2D eigenvalue weighted by Crippen LogP contribution is -2.58. The predicted octanol–water partition coefficient (Wildman–Crippen LogP) is 6.39. The van der Waals surface area contributed by atoms with Gasteiger partial charge in [-0.3, -0.25) is 4.79 Å². The van der Waals surface area contributed by atoms with Gasteiger partial charge < -0.3 is 19.8 Å². The molecule has 5 heteroatoms. The van der Waals surface area contributed by atoms with Crippen LogP contribution in [0.25, 0.3) is 0 Å². The highest BCUT2D eigenvalue weighted by molar-refractivity contribution is 5.86. The zero-order valence-electron chi connectivity index (χ0n) is 21.8. The lowest BCUT2D eigenvalue weighted by Gasteiger charge is -2.43. The summed E-state index contributed by atoms with van der Waals surface area (Å²) in [6.07, 6.45) is 25.9. The third kappa shape index (κ3) is 13.7. The van der Waals surface area contributed by atoms with Gasteiger partial charge in [0.25, 0.3) is 5.91 Å². The number of rotatable bonds is 24. The third-order valence-electron chi connectivity index (χ3n) is 7.24. The molecule has 0 saturated carbocycles. The Balaban J connectivity index is 1.93. The van der Waals surface area contributed by atoms with Crippen LogP contribution in [-0.4, -0.2) is 59.5 Å². The second-order valence-electron chi connectivity index (χ2n) is 10.1. The predicted molar refractivity (Wildman–Crippen MR) is 137 cm³/mol. The van der Waals surface area contributed by atoms with Gasteiger partial charge in [0, 0.05) is 19.5 Å². The molecule has 1 rings (SSSR count). The summed E-state index contributed by atoms with van der Waals surface area (Å²) < 4.78 is 5.73. The SMILES string of the molecule is CCCCCCCCCCCCCCCCCCCCC1(C(=O)N(CCO)CCO)CCO1. The van der Waals surface area contributed by atoms with Crippen molar-refractivity contribution in [1.82, 2.24) is 4.90 Å². The number of nitrogens with zero attached hydrogens (tertiary/aromatic N) is 1. The highest BCUT2D eigenvalue weighted by Crippen LogP contribution is 2.34. The summed E-state index contributed by atoms with van der Waals surface area (Å²) >= 11 is 0. The van der Waals surface area contributed by atoms with Crippen LogP contribution in [0.1, 0.15) is 135 Å². The van der Waals surface area contributed by atoms with Crippen LogP contribution >= 0.6 is 0 Å². The number of amides is 1. The molecule has 0 bridgehead atoms. The Kier molecular flexibility index (Phi) is 19.1. The molecule has 1 aliphatic rings. The fourth-order valence-electron chi connectivity index (χ4n) is 4.98. The Morgan fingerprint density at radius 3 is 1.36 bits per heavy atom. The van der Waals surface area contributed by atoms with Gasteiger partial charge in [0.2, 0.25) is 0 Å². The maximum Gasteiger partial charge on any atom is 0.255 e. The maximum atomic E-state index is 12.8. The van der Waals surface area contributed by atoms with Crippen LogP contribution in [-0.2, 0) is 9.53 Å². The van der Waals surface area contributed by atoms with Crippen LogP contribution in [0.15, 0.2) is 0 Å². The first-order valence-electron chi connectivity index (χ1n) is 14.3. The van der Waals surface area contributed by atoms with Crippen molar-refractivity contribution < 1.29 is 19.7 Å². The third-order valence-corrected chi connectivity index (χ3v) is 7.24. The Bertz CT molecular complexity index is 447. The van der Waals surface area contributed by atoms with E-state index in [0.29, 0.717) is 6.61 Å². The van der Waals surface area contributed by atoms with Crippen LogP contribution in [0.2, 0.25) is 0 Å². The molecule has 1 amide bonds. The smallest absolute Gasteiger partial charge is 0.255 e. The van der Waals surface area contributed by atoms with Gasteiger partial charge in [-0.1, -0.05) is 122 Å². The lowest BCUT2D eigenvalue weighted by molar-refractivity contribution is -0.190. The van der Waals surface area contributed by atoms with Gasteiger partial charge in [-0.05, 0) is 6.42 Å². The minimum absolute atomic E-state index is 0.0520. The number of carbonyl (C=O) groups excluding carboxylic acids is 1. The fourth-order valence-corrected chi connectivity index (χ4v) is 4.98. The number of aliphatic hydroxyl groups excluding tert-OH is 2. The Labute approximate surface area is 204 Å². The van der Waals surface area contributed by atoms with E-state index in [9.17, 15) is 15.0 Å². The summed E-state index contributed by atoms with van der Waals surface area (Å²) in [5, 5.41) is 18.4. The van der Waals surface area contributed by atoms with E-state index in [1.54, 1.807) is 4.90 Å². The van der Waals surface area contributed by atoms with Crippen molar-refractivity contribution >= 4 is 5.91 Å². The topological polar surface area (TPSA) is 70.0 Å². The standard InChI is InChI=1S/C28H55NO4/c1-2-3-4-5-6-7-8-9-10-11-12-13-14-15-16-17-18-19-20-28(21-26-33-28)27(32)29(22-24-30)23-25-31/h30-31H,2-26H2,1H3. The van der Waals surface area contributed by atoms with Crippen molar-refractivity contribution in [2.75, 3.05) is 32.9 Å². The van der Waals surface area contributed by atoms with Gasteiger partial charge >= 0.3 is 0 Å². The average molecular weight is 470 g/mol. The summed E-state index contributed by atoms with van der Waals surface area (Å²) in [5.74, 6) is -0.0520. The van der Waals surface area contributed by atoms with Gasteiger partial charge in [-0.15, -0.1) is 0 Å². The molecule has 0 aromatic rings. The normalized spacial score (nSPS) is 17.8. The van der Waals surface area contributed by atoms with Crippen molar-refractivity contribution in [3.63, 3.8) is 0 Å². The highest BCUT2D eigenvalue weighted by atomic mass is 16.5. The molecule has 1 fully saturated rings. The van der Waals surface area contributed by atoms with Crippen LogP contribution < -0.4 is 0 Å². The van der Waals surface area contributed by atoms with Crippen molar-refractivity contribution in [3.8, 4) is 0 Å². The molecule has 0 radical (unpaired) electrons. The number of ether oxygens (including phenoxy) is 1. The van der Waals surface area contributed by atoms with E-state index >= 15 is 0 Å². The van der Waals surface area contributed by atoms with Crippen molar-refractivity contribution in [3.05, 3.63) is 0 Å². The molecule has 0 aliphatic carbocycles. The van der Waals surface area contributed by atoms with Crippen LogP contribution in [0.5, 0.6) is 0 Å². The zero-order chi connectivity index (χ0) is 24.0. The average Bonchev–Trinajstić information content (AvgIpc) is 2.79. The number of hydrogen-bond acceptors (Lipinski definition) is 4. The molecule has 0 aromatic heterocycles. The molecule has 1 saturated heterocycles. The highest BCUT2D eigenvalue weighted by Gasteiger charge is 2.47. The van der Waals surface area contributed by atoms with Crippen molar-refractivity contribution in [1.29, 1.82) is 0 Å². The molecular formula is C28H55NO4. The molecule has 1 atom stereocenters. The fraction of sp³-hybridized carbons (Fsp3) is 0.964. The molecule has 1 unspecified atom stereocenters. The first-order valence-corrected chi connectivity index (χ1v) is 14.3. The van der Waals surface area contributed by atoms with Gasteiger partial charge in [0.05, 0.1) is 19.8 Å². The van der Waals surface area contributed by atoms with Crippen LogP contribution in [0.3, 0.4) is 0 Å². The number of unbranched alkanes of at least 4 members (excludes halogenated alkanes) is 17. The number of carbonyl (C=O) groups is 1. The molecular weight excluding hydrogens is 414 g/mol. The molecule has 196 valence electrons. The van der Waals surface area contributed by atoms with Crippen molar-refractivity contribution in [2.45, 2.75) is 141 Å². The number of aliphatic hydroxyl groups is 2. The monoisotopic (exact) mass is 469 g/mol. The second kappa shape index (κ2) is 20.7.